The zero-order valence-corrected chi connectivity index (χ0v) is 16.1. The van der Waals surface area contributed by atoms with Gasteiger partial charge in [-0.25, -0.2) is 4.98 Å². The van der Waals surface area contributed by atoms with Crippen molar-refractivity contribution in [3.05, 3.63) is 62.9 Å². The molecule has 4 rings (SSSR count). The highest BCUT2D eigenvalue weighted by molar-refractivity contribution is 7.13. The summed E-state index contributed by atoms with van der Waals surface area (Å²) >= 11 is 1.58. The molecule has 0 saturated carbocycles. The summed E-state index contributed by atoms with van der Waals surface area (Å²) in [6.45, 7) is 2.10. The number of H-pyrrole nitrogens is 1. The lowest BCUT2D eigenvalue weighted by Gasteiger charge is -2.28. The van der Waals surface area contributed by atoms with Crippen LogP contribution in [-0.2, 0) is 19.5 Å². The molecule has 6 nitrogen and oxygen atoms in total. The largest absolute Gasteiger partial charge is 0.497 e. The van der Waals surface area contributed by atoms with E-state index in [0.29, 0.717) is 18.9 Å². The maximum absolute atomic E-state index is 12.6. The Bertz CT molecular complexity index is 998. The number of ether oxygens (including phenoxy) is 2. The van der Waals surface area contributed by atoms with Crippen LogP contribution >= 0.6 is 11.3 Å². The zero-order valence-electron chi connectivity index (χ0n) is 15.3. The second-order valence-corrected chi connectivity index (χ2v) is 7.40. The van der Waals surface area contributed by atoms with Crippen molar-refractivity contribution in [3.63, 3.8) is 0 Å². The van der Waals surface area contributed by atoms with Crippen LogP contribution in [0.25, 0.3) is 10.7 Å². The Morgan fingerprint density at radius 2 is 2.15 bits per heavy atom. The van der Waals surface area contributed by atoms with Gasteiger partial charge in [0, 0.05) is 31.6 Å². The van der Waals surface area contributed by atoms with Crippen molar-refractivity contribution in [2.45, 2.75) is 19.5 Å². The van der Waals surface area contributed by atoms with E-state index in [9.17, 15) is 4.79 Å². The van der Waals surface area contributed by atoms with Gasteiger partial charge in [-0.1, -0.05) is 6.07 Å². The molecule has 7 heteroatoms. The normalized spacial score (nSPS) is 14.0. The molecule has 1 aromatic carbocycles. The summed E-state index contributed by atoms with van der Waals surface area (Å²) in [5, 5.41) is 1.98. The molecule has 0 atom stereocenters. The number of aromatic nitrogens is 2. The number of aromatic amines is 1. The number of hydrogen-bond donors (Lipinski definition) is 1. The second-order valence-electron chi connectivity index (χ2n) is 6.46. The number of benzene rings is 1. The molecule has 1 aliphatic rings. The highest BCUT2D eigenvalue weighted by Gasteiger charge is 2.22. The molecule has 3 aromatic rings. The van der Waals surface area contributed by atoms with Gasteiger partial charge in [-0.2, -0.15) is 0 Å². The van der Waals surface area contributed by atoms with Crippen molar-refractivity contribution in [2.75, 3.05) is 20.8 Å². The molecule has 1 N–H and O–H groups in total. The van der Waals surface area contributed by atoms with Gasteiger partial charge in [0.1, 0.15) is 11.5 Å². The molecule has 0 amide bonds. The van der Waals surface area contributed by atoms with Crippen LogP contribution < -0.4 is 15.0 Å². The first-order chi connectivity index (χ1) is 13.2. The fourth-order valence-corrected chi connectivity index (χ4v) is 4.06. The lowest BCUT2D eigenvalue weighted by molar-refractivity contribution is 0.237. The topological polar surface area (TPSA) is 67.5 Å². The average molecular weight is 383 g/mol. The molecule has 0 bridgehead atoms. The molecular formula is C20H21N3O3S. The minimum atomic E-state index is -0.0503. The van der Waals surface area contributed by atoms with Crippen LogP contribution in [0.1, 0.15) is 16.8 Å². The number of thiophene rings is 1. The third-order valence-corrected chi connectivity index (χ3v) is 5.66. The first kappa shape index (κ1) is 17.8. The monoisotopic (exact) mass is 383 g/mol. The molecule has 1 aliphatic heterocycles. The van der Waals surface area contributed by atoms with Crippen molar-refractivity contribution in [1.82, 2.24) is 14.9 Å². The quantitative estimate of drug-likeness (QED) is 0.733. The van der Waals surface area contributed by atoms with E-state index >= 15 is 0 Å². The molecule has 0 aliphatic carbocycles. The number of nitrogens with zero attached hydrogens (tertiary/aromatic N) is 2. The minimum Gasteiger partial charge on any atom is -0.497 e. The van der Waals surface area contributed by atoms with Crippen molar-refractivity contribution in [2.24, 2.45) is 0 Å². The first-order valence-electron chi connectivity index (χ1n) is 8.77. The van der Waals surface area contributed by atoms with Crippen LogP contribution in [0.5, 0.6) is 11.5 Å². The summed E-state index contributed by atoms with van der Waals surface area (Å²) in [4.78, 5) is 23.5. The molecule has 0 fully saturated rings. The molecule has 3 heterocycles. The Kier molecular flexibility index (Phi) is 4.96. The van der Waals surface area contributed by atoms with Crippen molar-refractivity contribution < 1.29 is 9.47 Å². The number of fused-ring (bicyclic) bond motifs is 1. The van der Waals surface area contributed by atoms with Crippen LogP contribution in [0.4, 0.5) is 0 Å². The van der Waals surface area contributed by atoms with Crippen molar-refractivity contribution >= 4 is 11.3 Å². The number of nitrogens with one attached hydrogen (secondary N) is 1. The van der Waals surface area contributed by atoms with Gasteiger partial charge in [0.2, 0.25) is 0 Å². The van der Waals surface area contributed by atoms with Gasteiger partial charge in [0.15, 0.2) is 5.82 Å². The summed E-state index contributed by atoms with van der Waals surface area (Å²) in [5.41, 5.74) is 2.64. The molecule has 2 aromatic heterocycles. The number of rotatable bonds is 5. The third-order valence-electron chi connectivity index (χ3n) is 4.78. The van der Waals surface area contributed by atoms with E-state index in [0.717, 1.165) is 46.2 Å². The number of hydrogen-bond acceptors (Lipinski definition) is 6. The lowest BCUT2D eigenvalue weighted by atomic mass is 10.1. The Balaban J connectivity index is 1.58. The van der Waals surface area contributed by atoms with E-state index < -0.39 is 0 Å². The lowest BCUT2D eigenvalue weighted by Crippen LogP contribution is -2.35. The van der Waals surface area contributed by atoms with E-state index in [1.54, 1.807) is 25.6 Å². The summed E-state index contributed by atoms with van der Waals surface area (Å²) in [7, 11) is 3.32. The zero-order chi connectivity index (χ0) is 18.8. The Labute approximate surface area is 161 Å². The van der Waals surface area contributed by atoms with E-state index in [-0.39, 0.29) is 5.56 Å². The third kappa shape index (κ3) is 3.61. The SMILES string of the molecule is COc1ccc(OC)c(CN2CCc3nc(-c4cccs4)[nH]c(=O)c3C2)c1. The van der Waals surface area contributed by atoms with Gasteiger partial charge in [0.25, 0.3) is 5.56 Å². The van der Waals surface area contributed by atoms with Crippen LogP contribution in [0.15, 0.2) is 40.5 Å². The van der Waals surface area contributed by atoms with E-state index in [1.165, 1.54) is 0 Å². The maximum atomic E-state index is 12.6. The van der Waals surface area contributed by atoms with Crippen molar-refractivity contribution in [1.29, 1.82) is 0 Å². The van der Waals surface area contributed by atoms with E-state index in [1.807, 2.05) is 35.7 Å². The molecule has 0 spiro atoms. The molecule has 27 heavy (non-hydrogen) atoms. The molecule has 0 unspecified atom stereocenters. The van der Waals surface area contributed by atoms with Crippen LogP contribution in [0, 0.1) is 0 Å². The fourth-order valence-electron chi connectivity index (χ4n) is 3.39. The van der Waals surface area contributed by atoms with E-state index in [4.69, 9.17) is 14.5 Å². The smallest absolute Gasteiger partial charge is 0.255 e. The van der Waals surface area contributed by atoms with Crippen LogP contribution in [-0.4, -0.2) is 35.6 Å². The van der Waals surface area contributed by atoms with Crippen molar-refractivity contribution in [3.8, 4) is 22.2 Å². The highest BCUT2D eigenvalue weighted by Crippen LogP contribution is 2.27. The van der Waals surface area contributed by atoms with Gasteiger partial charge in [-0.15, -0.1) is 11.3 Å². The van der Waals surface area contributed by atoms with Gasteiger partial charge in [0.05, 0.1) is 30.4 Å². The highest BCUT2D eigenvalue weighted by atomic mass is 32.1. The Hall–Kier alpha value is -2.64. The van der Waals surface area contributed by atoms with Gasteiger partial charge >= 0.3 is 0 Å². The van der Waals surface area contributed by atoms with E-state index in [2.05, 4.69) is 9.88 Å². The minimum absolute atomic E-state index is 0.0503. The number of methoxy groups -OCH3 is 2. The predicted octanol–water partition coefficient (Wildman–Crippen LogP) is 3.07. The molecule has 140 valence electrons. The van der Waals surface area contributed by atoms with Gasteiger partial charge in [-0.05, 0) is 29.6 Å². The Morgan fingerprint density at radius 1 is 1.26 bits per heavy atom. The standard InChI is InChI=1S/C20H21N3O3S/c1-25-14-5-6-17(26-2)13(10-14)11-23-8-7-16-15(12-23)20(24)22-19(21-16)18-4-3-9-27-18/h3-6,9-10H,7-8,11-12H2,1-2H3,(H,21,22,24). The van der Waals surface area contributed by atoms with Gasteiger partial charge < -0.3 is 14.5 Å². The second kappa shape index (κ2) is 7.54. The van der Waals surface area contributed by atoms with Crippen LogP contribution in [0.2, 0.25) is 0 Å². The molecule has 0 radical (unpaired) electrons. The Morgan fingerprint density at radius 3 is 2.89 bits per heavy atom. The summed E-state index contributed by atoms with van der Waals surface area (Å²) in [5.74, 6) is 2.28. The summed E-state index contributed by atoms with van der Waals surface area (Å²) in [6.07, 6.45) is 0.754. The summed E-state index contributed by atoms with van der Waals surface area (Å²) < 4.78 is 10.8. The maximum Gasteiger partial charge on any atom is 0.255 e. The molecular weight excluding hydrogens is 362 g/mol. The first-order valence-corrected chi connectivity index (χ1v) is 9.65. The summed E-state index contributed by atoms with van der Waals surface area (Å²) in [6, 6.07) is 9.71. The molecule has 0 saturated heterocycles. The fraction of sp³-hybridized carbons (Fsp3) is 0.300. The van der Waals surface area contributed by atoms with Crippen LogP contribution in [0.3, 0.4) is 0 Å². The van der Waals surface area contributed by atoms with Gasteiger partial charge in [-0.3, -0.25) is 9.69 Å². The average Bonchev–Trinajstić information content (AvgIpc) is 3.23. The predicted molar refractivity (Wildman–Crippen MR) is 106 cm³/mol.